The van der Waals surface area contributed by atoms with Gasteiger partial charge in [-0.3, -0.25) is 19.3 Å². The molecule has 0 bridgehead atoms. The average molecular weight is 488 g/mol. The van der Waals surface area contributed by atoms with Crippen LogP contribution in [0.25, 0.3) is 11.8 Å². The number of carbonyl (C=O) groups is 3. The van der Waals surface area contributed by atoms with Crippen LogP contribution in [0, 0.1) is 27.7 Å². The maximum absolute atomic E-state index is 13.0. The van der Waals surface area contributed by atoms with Gasteiger partial charge >= 0.3 is 0 Å². The van der Waals surface area contributed by atoms with Crippen molar-refractivity contribution >= 4 is 40.6 Å². The van der Waals surface area contributed by atoms with Crippen LogP contribution < -0.4 is 5.32 Å². The molecule has 0 aliphatic carbocycles. The van der Waals surface area contributed by atoms with Gasteiger partial charge in [-0.15, -0.1) is 0 Å². The van der Waals surface area contributed by atoms with Crippen molar-refractivity contribution in [1.29, 1.82) is 0 Å². The van der Waals surface area contributed by atoms with E-state index >= 15 is 0 Å². The molecule has 180 valence electrons. The third kappa shape index (κ3) is 4.95. The molecule has 0 unspecified atom stereocenters. The van der Waals surface area contributed by atoms with Crippen molar-refractivity contribution in [3.63, 3.8) is 0 Å². The van der Waals surface area contributed by atoms with E-state index in [1.54, 1.807) is 18.2 Å². The average Bonchev–Trinajstić information content (AvgIpc) is 3.24. The first-order chi connectivity index (χ1) is 16.7. The van der Waals surface area contributed by atoms with E-state index in [1.165, 1.54) is 11.1 Å². The second-order valence-electron chi connectivity index (χ2n) is 8.78. The Balaban J connectivity index is 1.57. The molecule has 1 aliphatic rings. The minimum atomic E-state index is -0.450. The predicted octanol–water partition coefficient (Wildman–Crippen LogP) is 5.95. The molecule has 0 saturated carbocycles. The van der Waals surface area contributed by atoms with Crippen molar-refractivity contribution in [2.75, 3.05) is 11.9 Å². The molecule has 3 aromatic rings. The number of hydrogen-bond acceptors (Lipinski definition) is 4. The molecule has 0 radical (unpaired) electrons. The standard InChI is InChI=1S/C28H29N3O3S/c1-6-21-9-7-8-18(3)26(21)31-19(4)14-22(20(31)5)15-24-27(33)30(28(34)35-24)16-25(32)29-23-12-10-17(2)11-13-23/h7-15H,6,16H2,1-5H3,(H,29,32)/b24-15-. The molecule has 0 spiro atoms. The van der Waals surface area contributed by atoms with Gasteiger partial charge in [-0.05, 0) is 86.8 Å². The van der Waals surface area contributed by atoms with E-state index in [0.29, 0.717) is 10.6 Å². The van der Waals surface area contributed by atoms with Crippen LogP contribution in [-0.4, -0.2) is 33.1 Å². The lowest BCUT2D eigenvalue weighted by Crippen LogP contribution is -2.36. The number of aryl methyl sites for hydroxylation is 4. The molecule has 0 atom stereocenters. The van der Waals surface area contributed by atoms with E-state index in [0.717, 1.165) is 51.3 Å². The molecule has 1 saturated heterocycles. The Morgan fingerprint density at radius 1 is 1.03 bits per heavy atom. The van der Waals surface area contributed by atoms with Crippen LogP contribution in [0.1, 0.15) is 40.6 Å². The van der Waals surface area contributed by atoms with Gasteiger partial charge in [0.15, 0.2) is 0 Å². The number of amides is 3. The number of hydrogen-bond donors (Lipinski definition) is 1. The minimum Gasteiger partial charge on any atom is -0.325 e. The van der Waals surface area contributed by atoms with Gasteiger partial charge in [0, 0.05) is 17.1 Å². The molecule has 2 heterocycles. The van der Waals surface area contributed by atoms with Crippen molar-refractivity contribution in [2.45, 2.75) is 41.0 Å². The zero-order chi connectivity index (χ0) is 25.3. The molecule has 3 amide bonds. The summed E-state index contributed by atoms with van der Waals surface area (Å²) < 4.78 is 2.21. The number of anilines is 1. The molecule has 1 aliphatic heterocycles. The highest BCUT2D eigenvalue weighted by atomic mass is 32.2. The monoisotopic (exact) mass is 487 g/mol. The SMILES string of the molecule is CCc1cccc(C)c1-n1c(C)cc(/C=C2\SC(=O)N(CC(=O)Nc3ccc(C)cc3)C2=O)c1C. The van der Waals surface area contributed by atoms with Gasteiger partial charge in [-0.25, -0.2) is 0 Å². The Morgan fingerprint density at radius 3 is 2.43 bits per heavy atom. The van der Waals surface area contributed by atoms with Crippen molar-refractivity contribution in [1.82, 2.24) is 9.47 Å². The first kappa shape index (κ1) is 24.5. The van der Waals surface area contributed by atoms with Crippen LogP contribution in [0.2, 0.25) is 0 Å². The normalized spacial score (nSPS) is 14.8. The fraction of sp³-hybridized carbons (Fsp3) is 0.250. The molecule has 2 aromatic carbocycles. The number of benzene rings is 2. The third-order valence-corrected chi connectivity index (χ3v) is 7.10. The van der Waals surface area contributed by atoms with E-state index in [-0.39, 0.29) is 6.54 Å². The van der Waals surface area contributed by atoms with Gasteiger partial charge in [-0.1, -0.05) is 42.8 Å². The number of rotatable bonds is 6. The summed E-state index contributed by atoms with van der Waals surface area (Å²) in [5.41, 5.74) is 8.21. The molecule has 1 N–H and O–H groups in total. The van der Waals surface area contributed by atoms with Gasteiger partial charge in [0.05, 0.1) is 10.6 Å². The molecule has 6 nitrogen and oxygen atoms in total. The Kier molecular flexibility index (Phi) is 6.98. The molecular formula is C28H29N3O3S. The zero-order valence-corrected chi connectivity index (χ0v) is 21.5. The van der Waals surface area contributed by atoms with E-state index in [1.807, 2.05) is 39.0 Å². The number of thioether (sulfide) groups is 1. The third-order valence-electron chi connectivity index (χ3n) is 6.19. The number of aromatic nitrogens is 1. The molecule has 1 fully saturated rings. The van der Waals surface area contributed by atoms with Gasteiger partial charge in [0.25, 0.3) is 11.1 Å². The maximum Gasteiger partial charge on any atom is 0.294 e. The second kappa shape index (κ2) is 9.96. The van der Waals surface area contributed by atoms with Crippen molar-refractivity contribution in [3.05, 3.63) is 87.1 Å². The fourth-order valence-corrected chi connectivity index (χ4v) is 5.19. The quantitative estimate of drug-likeness (QED) is 0.436. The smallest absolute Gasteiger partial charge is 0.294 e. The zero-order valence-electron chi connectivity index (χ0n) is 20.6. The Labute approximate surface area is 210 Å². The highest BCUT2D eigenvalue weighted by Crippen LogP contribution is 2.34. The van der Waals surface area contributed by atoms with Gasteiger partial charge in [0.1, 0.15) is 6.54 Å². The van der Waals surface area contributed by atoms with Crippen LogP contribution in [0.3, 0.4) is 0 Å². The summed E-state index contributed by atoms with van der Waals surface area (Å²) in [6.45, 7) is 9.93. The van der Waals surface area contributed by atoms with Crippen LogP contribution in [0.4, 0.5) is 10.5 Å². The number of imide groups is 1. The molecular weight excluding hydrogens is 458 g/mol. The van der Waals surface area contributed by atoms with Gasteiger partial charge in [0.2, 0.25) is 5.91 Å². The van der Waals surface area contributed by atoms with Gasteiger partial charge in [-0.2, -0.15) is 0 Å². The first-order valence-electron chi connectivity index (χ1n) is 11.6. The van der Waals surface area contributed by atoms with Gasteiger partial charge < -0.3 is 9.88 Å². The Hall–Kier alpha value is -3.58. The summed E-state index contributed by atoms with van der Waals surface area (Å²) in [6.07, 6.45) is 2.67. The van der Waals surface area contributed by atoms with Crippen LogP contribution in [0.5, 0.6) is 0 Å². The van der Waals surface area contributed by atoms with Crippen LogP contribution in [-0.2, 0) is 16.0 Å². The summed E-state index contributed by atoms with van der Waals surface area (Å²) in [5.74, 6) is -0.865. The first-order valence-corrected chi connectivity index (χ1v) is 12.4. The lowest BCUT2D eigenvalue weighted by atomic mass is 10.1. The van der Waals surface area contributed by atoms with Crippen molar-refractivity contribution in [2.24, 2.45) is 0 Å². The van der Waals surface area contributed by atoms with Crippen LogP contribution in [0.15, 0.2) is 53.4 Å². The Bertz CT molecular complexity index is 1350. The topological polar surface area (TPSA) is 71.4 Å². The van der Waals surface area contributed by atoms with Crippen molar-refractivity contribution < 1.29 is 14.4 Å². The predicted molar refractivity (Wildman–Crippen MR) is 142 cm³/mol. The van der Waals surface area contributed by atoms with Crippen molar-refractivity contribution in [3.8, 4) is 5.69 Å². The van der Waals surface area contributed by atoms with E-state index in [2.05, 4.69) is 41.9 Å². The summed E-state index contributed by atoms with van der Waals surface area (Å²) in [6, 6.07) is 15.7. The molecule has 4 rings (SSSR count). The summed E-state index contributed by atoms with van der Waals surface area (Å²) in [5, 5.41) is 2.30. The fourth-order valence-electron chi connectivity index (χ4n) is 4.36. The summed E-state index contributed by atoms with van der Waals surface area (Å²) in [7, 11) is 0. The maximum atomic E-state index is 13.0. The number of carbonyl (C=O) groups excluding carboxylic acids is 3. The summed E-state index contributed by atoms with van der Waals surface area (Å²) >= 11 is 0.867. The molecule has 35 heavy (non-hydrogen) atoms. The second-order valence-corrected chi connectivity index (χ2v) is 9.77. The minimum absolute atomic E-state index is 0.318. The Morgan fingerprint density at radius 2 is 1.74 bits per heavy atom. The lowest BCUT2D eigenvalue weighted by molar-refractivity contribution is -0.127. The highest BCUT2D eigenvalue weighted by Gasteiger charge is 2.36. The van der Waals surface area contributed by atoms with E-state index in [4.69, 9.17) is 0 Å². The van der Waals surface area contributed by atoms with E-state index in [9.17, 15) is 14.4 Å². The highest BCUT2D eigenvalue weighted by molar-refractivity contribution is 8.18. The number of nitrogens with one attached hydrogen (secondary N) is 1. The number of nitrogens with zero attached hydrogens (tertiary/aromatic N) is 2. The number of para-hydroxylation sites is 1. The summed E-state index contributed by atoms with van der Waals surface area (Å²) in [4.78, 5) is 39.4. The molecule has 1 aromatic heterocycles. The van der Waals surface area contributed by atoms with Crippen LogP contribution >= 0.6 is 11.8 Å². The lowest BCUT2D eigenvalue weighted by Gasteiger charge is -2.17. The molecule has 7 heteroatoms. The van der Waals surface area contributed by atoms with E-state index < -0.39 is 17.1 Å². The largest absolute Gasteiger partial charge is 0.325 e.